The number of thiazole rings is 1. The Labute approximate surface area is 226 Å². The average Bonchev–Trinajstić information content (AvgIpc) is 3.51. The van der Waals surface area contributed by atoms with Gasteiger partial charge in [0.25, 0.3) is 0 Å². The van der Waals surface area contributed by atoms with Gasteiger partial charge < -0.3 is 5.32 Å². The molecule has 182 valence electrons. The second kappa shape index (κ2) is 9.76. The summed E-state index contributed by atoms with van der Waals surface area (Å²) < 4.78 is 1.12. The fourth-order valence-electron chi connectivity index (χ4n) is 5.56. The molecule has 7 heteroatoms. The number of anilines is 1. The summed E-state index contributed by atoms with van der Waals surface area (Å²) in [5, 5.41) is 5.87. The lowest BCUT2D eigenvalue weighted by molar-refractivity contribution is 0.513. The van der Waals surface area contributed by atoms with Gasteiger partial charge in [-0.05, 0) is 86.3 Å². The van der Waals surface area contributed by atoms with Crippen LogP contribution in [-0.4, -0.2) is 27.2 Å². The van der Waals surface area contributed by atoms with Crippen LogP contribution >= 0.6 is 42.6 Å². The molecule has 1 N–H and O–H groups in total. The van der Waals surface area contributed by atoms with E-state index in [2.05, 4.69) is 70.6 Å². The van der Waals surface area contributed by atoms with Crippen molar-refractivity contribution in [2.75, 3.05) is 11.9 Å². The van der Waals surface area contributed by atoms with E-state index in [1.807, 2.05) is 18.2 Å². The van der Waals surface area contributed by atoms with E-state index in [9.17, 15) is 0 Å². The molecule has 3 aromatic carbocycles. The van der Waals surface area contributed by atoms with Gasteiger partial charge in [0, 0.05) is 22.5 Å². The van der Waals surface area contributed by atoms with Crippen LogP contribution in [0.1, 0.15) is 41.6 Å². The fourth-order valence-corrected chi connectivity index (χ4v) is 13.1. The van der Waals surface area contributed by atoms with Crippen LogP contribution in [0.15, 0.2) is 71.7 Å². The average molecular weight is 548 g/mol. The Morgan fingerprint density at radius 1 is 1.06 bits per heavy atom. The predicted molar refractivity (Wildman–Crippen MR) is 159 cm³/mol. The van der Waals surface area contributed by atoms with Crippen LogP contribution in [0.5, 0.6) is 0 Å². The van der Waals surface area contributed by atoms with Crippen molar-refractivity contribution in [3.05, 3.63) is 88.4 Å². The molecule has 1 saturated heterocycles. The number of nitrogens with one attached hydrogen (secondary N) is 1. The molecule has 3 atom stereocenters. The highest BCUT2D eigenvalue weighted by molar-refractivity contribution is 8.28. The van der Waals surface area contributed by atoms with Gasteiger partial charge in [-0.1, -0.05) is 65.8 Å². The lowest BCUT2D eigenvalue weighted by Crippen LogP contribution is -2.19. The highest BCUT2D eigenvalue weighted by Crippen LogP contribution is 2.73. The molecule has 1 saturated carbocycles. The summed E-state index contributed by atoms with van der Waals surface area (Å²) in [6.07, 6.45) is 6.35. The Morgan fingerprint density at radius 3 is 2.75 bits per heavy atom. The zero-order valence-corrected chi connectivity index (χ0v) is 23.1. The summed E-state index contributed by atoms with van der Waals surface area (Å²) in [4.78, 5) is 11.4. The Bertz CT molecular complexity index is 1450. The molecule has 1 aromatic heterocycles. The molecule has 0 spiro atoms. The number of hydrogen-bond donors (Lipinski definition) is 1. The van der Waals surface area contributed by atoms with E-state index in [0.717, 1.165) is 44.7 Å². The molecule has 2 heterocycles. The minimum absolute atomic E-state index is 0.199. The van der Waals surface area contributed by atoms with Crippen LogP contribution in [0.25, 0.3) is 10.2 Å². The van der Waals surface area contributed by atoms with Gasteiger partial charge in [0.05, 0.1) is 20.7 Å². The number of thioether (sulfide) groups is 1. The van der Waals surface area contributed by atoms with Crippen LogP contribution in [0, 0.1) is 0 Å². The van der Waals surface area contributed by atoms with Gasteiger partial charge >= 0.3 is 0 Å². The van der Waals surface area contributed by atoms with Gasteiger partial charge in [0.2, 0.25) is 0 Å². The Hall–Kier alpha value is -1.91. The van der Waals surface area contributed by atoms with Crippen molar-refractivity contribution in [1.29, 1.82) is 0 Å². The van der Waals surface area contributed by atoms with Crippen molar-refractivity contribution in [2.45, 2.75) is 48.7 Å². The van der Waals surface area contributed by atoms with Crippen LogP contribution in [0.2, 0.25) is 5.02 Å². The molecule has 0 radical (unpaired) electrons. The first kappa shape index (κ1) is 23.2. The Kier molecular flexibility index (Phi) is 6.30. The van der Waals surface area contributed by atoms with Crippen LogP contribution in [0.4, 0.5) is 10.8 Å². The van der Waals surface area contributed by atoms with Crippen molar-refractivity contribution in [3.8, 4) is 0 Å². The van der Waals surface area contributed by atoms with Gasteiger partial charge in [0.1, 0.15) is 0 Å². The maximum absolute atomic E-state index is 6.11. The lowest BCUT2D eigenvalue weighted by Gasteiger charge is -2.35. The molecule has 3 nitrogen and oxygen atoms in total. The second-order valence-electron chi connectivity index (χ2n) is 9.86. The van der Waals surface area contributed by atoms with Crippen LogP contribution in [0.3, 0.4) is 0 Å². The van der Waals surface area contributed by atoms with Crippen molar-refractivity contribution in [1.82, 2.24) is 4.98 Å². The number of aromatic nitrogens is 1. The molecule has 7 rings (SSSR count). The van der Waals surface area contributed by atoms with Crippen molar-refractivity contribution < 1.29 is 0 Å². The summed E-state index contributed by atoms with van der Waals surface area (Å²) >= 11 is 9.85. The van der Waals surface area contributed by atoms with E-state index in [1.165, 1.54) is 36.0 Å². The molecule has 3 aliphatic rings. The highest BCUT2D eigenvalue weighted by atomic mass is 35.5. The third kappa shape index (κ3) is 4.39. The molecule has 36 heavy (non-hydrogen) atoms. The summed E-state index contributed by atoms with van der Waals surface area (Å²) in [5.74, 6) is 0. The summed E-state index contributed by atoms with van der Waals surface area (Å²) in [6, 6.07) is 23.9. The van der Waals surface area contributed by atoms with Gasteiger partial charge in [-0.25, -0.2) is 9.98 Å². The molecular weight excluding hydrogens is 521 g/mol. The zero-order chi connectivity index (χ0) is 24.1. The molecule has 2 aliphatic carbocycles. The Morgan fingerprint density at radius 2 is 1.92 bits per heavy atom. The highest BCUT2D eigenvalue weighted by Gasteiger charge is 2.50. The summed E-state index contributed by atoms with van der Waals surface area (Å²) in [7, 11) is -0.199. The van der Waals surface area contributed by atoms with Gasteiger partial charge in [-0.3, -0.25) is 0 Å². The minimum atomic E-state index is -0.199. The number of fused-ring (bicyclic) bond motifs is 4. The largest absolute Gasteiger partial charge is 0.361 e. The van der Waals surface area contributed by atoms with Gasteiger partial charge in [-0.15, -0.1) is 11.8 Å². The third-order valence-electron chi connectivity index (χ3n) is 7.59. The van der Waals surface area contributed by atoms with E-state index in [4.69, 9.17) is 16.6 Å². The van der Waals surface area contributed by atoms with Crippen molar-refractivity contribution >= 4 is 68.4 Å². The van der Waals surface area contributed by atoms with Crippen LogP contribution < -0.4 is 5.32 Å². The van der Waals surface area contributed by atoms with E-state index in [1.54, 1.807) is 22.5 Å². The molecule has 2 fully saturated rings. The van der Waals surface area contributed by atoms with Gasteiger partial charge in [0.15, 0.2) is 5.13 Å². The second-order valence-corrected chi connectivity index (χ2v) is 15.4. The van der Waals surface area contributed by atoms with E-state index in [-0.39, 0.29) is 7.92 Å². The van der Waals surface area contributed by atoms with Crippen LogP contribution in [-0.2, 0) is 12.8 Å². The molecule has 0 amide bonds. The van der Waals surface area contributed by atoms with E-state index >= 15 is 0 Å². The number of aliphatic imine (C=N–C) groups is 1. The molecule has 0 bridgehead atoms. The van der Waals surface area contributed by atoms with Gasteiger partial charge in [-0.2, -0.15) is 0 Å². The normalized spacial score (nSPS) is 24.1. The zero-order valence-electron chi connectivity index (χ0n) is 19.9. The summed E-state index contributed by atoms with van der Waals surface area (Å²) in [5.41, 5.74) is 8.22. The number of hydrogen-bond acceptors (Lipinski definition) is 5. The quantitative estimate of drug-likeness (QED) is 0.245. The van der Waals surface area contributed by atoms with Crippen molar-refractivity contribution in [2.24, 2.45) is 4.99 Å². The standard InChI is InChI=1S/C29H27ClN3PS2/c30-20-10-13-24-25(17-20)35-28(33-24)31-15-14-18-8-11-21(12-9-18)32-29-34(22-5-3-6-22)27-23-7-2-1-4-19(23)16-26(27)36-29/h1-2,4,7-13,17,22,26-27H,3,5-6,14-16H2,(H,31,33). The third-order valence-corrected chi connectivity index (χ3v) is 14.1. The molecular formula is C29H27ClN3PS2. The monoisotopic (exact) mass is 547 g/mol. The van der Waals surface area contributed by atoms with Crippen molar-refractivity contribution in [3.63, 3.8) is 0 Å². The minimum Gasteiger partial charge on any atom is -0.361 e. The number of halogens is 1. The molecule has 4 aromatic rings. The number of benzene rings is 3. The van der Waals surface area contributed by atoms with E-state index < -0.39 is 0 Å². The number of rotatable bonds is 6. The first-order valence-corrected chi connectivity index (χ1v) is 16.3. The molecule has 1 aliphatic heterocycles. The SMILES string of the molecule is Clc1ccc2nc(NCCc3ccc(N=C4SC5Cc6ccccc6C5P4C4CCC4)cc3)sc2c1. The first-order valence-electron chi connectivity index (χ1n) is 12.7. The lowest BCUT2D eigenvalue weighted by atomic mass is 10.00. The summed E-state index contributed by atoms with van der Waals surface area (Å²) in [6.45, 7) is 0.854. The first-order chi connectivity index (χ1) is 17.7. The number of nitrogens with zero attached hydrogens (tertiary/aromatic N) is 2. The Balaban J connectivity index is 1.03. The fraction of sp³-hybridized carbons (Fsp3) is 0.310. The predicted octanol–water partition coefficient (Wildman–Crippen LogP) is 9.04. The topological polar surface area (TPSA) is 37.3 Å². The maximum atomic E-state index is 6.11. The maximum Gasteiger partial charge on any atom is 0.183 e. The molecule has 3 unspecified atom stereocenters. The smallest absolute Gasteiger partial charge is 0.183 e. The van der Waals surface area contributed by atoms with E-state index in [0.29, 0.717) is 10.9 Å².